The Morgan fingerprint density at radius 3 is 2.17 bits per heavy atom. The van der Waals surface area contributed by atoms with Crippen molar-refractivity contribution in [2.45, 2.75) is 26.1 Å². The van der Waals surface area contributed by atoms with E-state index in [0.717, 1.165) is 18.2 Å². The molecule has 1 aromatic carbocycles. The Morgan fingerprint density at radius 2 is 1.67 bits per heavy atom. The van der Waals surface area contributed by atoms with E-state index in [1.165, 1.54) is 0 Å². The minimum Gasteiger partial charge on any atom is -0.372 e. The third kappa shape index (κ3) is 2.85. The fourth-order valence-electron chi connectivity index (χ4n) is 2.20. The van der Waals surface area contributed by atoms with Gasteiger partial charge >= 0.3 is 0 Å². The van der Waals surface area contributed by atoms with Crippen molar-refractivity contribution in [1.29, 1.82) is 0 Å². The number of hydrogen-bond acceptors (Lipinski definition) is 2. The predicted octanol–water partition coefficient (Wildman–Crippen LogP) is 2.21. The molecule has 0 aromatic heterocycles. The lowest BCUT2D eigenvalue weighted by molar-refractivity contribution is -0.0586. The van der Waals surface area contributed by atoms with Gasteiger partial charge in [-0.25, -0.2) is 8.78 Å². The summed E-state index contributed by atoms with van der Waals surface area (Å²) in [7, 11) is 0. The van der Waals surface area contributed by atoms with E-state index >= 15 is 0 Å². The van der Waals surface area contributed by atoms with Crippen LogP contribution in [-0.4, -0.2) is 36.1 Å². The van der Waals surface area contributed by atoms with Gasteiger partial charge in [-0.15, -0.1) is 0 Å². The standard InChI is InChI=1S/C13H15F2NO2/c1-8-6-16(7-9(2)18-8)13(17)10-3-11(14)5-12(15)4-10/h3-5,8-9H,6-7H2,1-2H3/t8-,9-/m1/s1. The Hall–Kier alpha value is -1.49. The summed E-state index contributed by atoms with van der Waals surface area (Å²) in [6.07, 6.45) is -0.146. The average Bonchev–Trinajstić information content (AvgIpc) is 2.25. The van der Waals surface area contributed by atoms with E-state index in [1.54, 1.807) is 4.90 Å². The normalized spacial score (nSPS) is 24.1. The van der Waals surface area contributed by atoms with Crippen LogP contribution in [0.4, 0.5) is 8.78 Å². The van der Waals surface area contributed by atoms with Gasteiger partial charge in [-0.3, -0.25) is 4.79 Å². The Morgan fingerprint density at radius 1 is 1.17 bits per heavy atom. The molecule has 1 amide bonds. The number of halogens is 2. The van der Waals surface area contributed by atoms with Crippen molar-refractivity contribution in [2.75, 3.05) is 13.1 Å². The molecule has 1 aliphatic heterocycles. The number of morpholine rings is 1. The van der Waals surface area contributed by atoms with Crippen LogP contribution in [0.2, 0.25) is 0 Å². The summed E-state index contributed by atoms with van der Waals surface area (Å²) in [5.74, 6) is -1.85. The lowest BCUT2D eigenvalue weighted by Crippen LogP contribution is -2.48. The zero-order valence-corrected chi connectivity index (χ0v) is 10.3. The molecule has 1 saturated heterocycles. The summed E-state index contributed by atoms with van der Waals surface area (Å²) in [6.45, 7) is 4.59. The number of benzene rings is 1. The lowest BCUT2D eigenvalue weighted by atomic mass is 10.1. The molecule has 0 saturated carbocycles. The second-order valence-corrected chi connectivity index (χ2v) is 4.63. The molecule has 2 rings (SSSR count). The van der Waals surface area contributed by atoms with Crippen LogP contribution in [-0.2, 0) is 4.74 Å². The number of carbonyl (C=O) groups is 1. The van der Waals surface area contributed by atoms with Crippen molar-refractivity contribution in [2.24, 2.45) is 0 Å². The molecule has 1 aromatic rings. The number of ether oxygens (including phenoxy) is 1. The first-order valence-electron chi connectivity index (χ1n) is 5.86. The number of rotatable bonds is 1. The van der Waals surface area contributed by atoms with Crippen LogP contribution in [0.1, 0.15) is 24.2 Å². The zero-order chi connectivity index (χ0) is 13.3. The maximum absolute atomic E-state index is 13.1. The molecule has 2 atom stereocenters. The fourth-order valence-corrected chi connectivity index (χ4v) is 2.20. The van der Waals surface area contributed by atoms with Crippen LogP contribution >= 0.6 is 0 Å². The maximum atomic E-state index is 13.1. The average molecular weight is 255 g/mol. The van der Waals surface area contributed by atoms with Gasteiger partial charge < -0.3 is 9.64 Å². The van der Waals surface area contributed by atoms with Crippen molar-refractivity contribution < 1.29 is 18.3 Å². The largest absolute Gasteiger partial charge is 0.372 e. The summed E-state index contributed by atoms with van der Waals surface area (Å²) in [6, 6.07) is 2.85. The molecule has 0 unspecified atom stereocenters. The van der Waals surface area contributed by atoms with Gasteiger partial charge in [0.1, 0.15) is 11.6 Å². The number of carbonyl (C=O) groups excluding carboxylic acids is 1. The summed E-state index contributed by atoms with van der Waals surface area (Å²) in [4.78, 5) is 13.7. The first-order chi connectivity index (χ1) is 8.45. The van der Waals surface area contributed by atoms with Crippen LogP contribution in [0.5, 0.6) is 0 Å². The molecule has 18 heavy (non-hydrogen) atoms. The van der Waals surface area contributed by atoms with Gasteiger partial charge in [0.05, 0.1) is 12.2 Å². The topological polar surface area (TPSA) is 29.5 Å². The molecule has 0 N–H and O–H groups in total. The van der Waals surface area contributed by atoms with E-state index in [9.17, 15) is 13.6 Å². The van der Waals surface area contributed by atoms with Crippen LogP contribution < -0.4 is 0 Å². The molecule has 0 bridgehead atoms. The highest BCUT2D eigenvalue weighted by atomic mass is 19.1. The highest BCUT2D eigenvalue weighted by molar-refractivity contribution is 5.94. The van der Waals surface area contributed by atoms with Crippen molar-refractivity contribution in [3.05, 3.63) is 35.4 Å². The van der Waals surface area contributed by atoms with E-state index in [4.69, 9.17) is 4.74 Å². The Balaban J connectivity index is 2.20. The highest BCUT2D eigenvalue weighted by Gasteiger charge is 2.27. The second kappa shape index (κ2) is 5.02. The molecule has 5 heteroatoms. The Bertz CT molecular complexity index is 434. The van der Waals surface area contributed by atoms with Crippen LogP contribution in [0.25, 0.3) is 0 Å². The Kier molecular flexibility index (Phi) is 3.61. The van der Waals surface area contributed by atoms with Gasteiger partial charge in [-0.2, -0.15) is 0 Å². The quantitative estimate of drug-likeness (QED) is 0.770. The minimum absolute atomic E-state index is 0.0359. The van der Waals surface area contributed by atoms with Gasteiger partial charge in [0.25, 0.3) is 5.91 Å². The fraction of sp³-hybridized carbons (Fsp3) is 0.462. The van der Waals surface area contributed by atoms with Crippen molar-refractivity contribution in [1.82, 2.24) is 4.90 Å². The van der Waals surface area contributed by atoms with E-state index in [1.807, 2.05) is 13.8 Å². The van der Waals surface area contributed by atoms with Gasteiger partial charge in [0, 0.05) is 24.7 Å². The molecule has 1 fully saturated rings. The van der Waals surface area contributed by atoms with Crippen molar-refractivity contribution in [3.8, 4) is 0 Å². The minimum atomic E-state index is -0.743. The number of amides is 1. The molecule has 98 valence electrons. The van der Waals surface area contributed by atoms with Gasteiger partial charge in [0.2, 0.25) is 0 Å². The number of hydrogen-bond donors (Lipinski definition) is 0. The lowest BCUT2D eigenvalue weighted by Gasteiger charge is -2.35. The molecule has 3 nitrogen and oxygen atoms in total. The van der Waals surface area contributed by atoms with Gasteiger partial charge in [-0.05, 0) is 26.0 Å². The van der Waals surface area contributed by atoms with Crippen molar-refractivity contribution >= 4 is 5.91 Å². The monoisotopic (exact) mass is 255 g/mol. The zero-order valence-electron chi connectivity index (χ0n) is 10.3. The Labute approximate surface area is 104 Å². The highest BCUT2D eigenvalue weighted by Crippen LogP contribution is 2.16. The smallest absolute Gasteiger partial charge is 0.254 e. The molecular formula is C13H15F2NO2. The molecule has 0 aliphatic carbocycles. The first-order valence-corrected chi connectivity index (χ1v) is 5.86. The van der Waals surface area contributed by atoms with E-state index in [2.05, 4.69) is 0 Å². The van der Waals surface area contributed by atoms with E-state index in [0.29, 0.717) is 13.1 Å². The molecule has 0 radical (unpaired) electrons. The summed E-state index contributed by atoms with van der Waals surface area (Å²) in [5, 5.41) is 0. The molecule has 0 spiro atoms. The van der Waals surface area contributed by atoms with E-state index < -0.39 is 11.6 Å². The van der Waals surface area contributed by atoms with Crippen LogP contribution in [0.3, 0.4) is 0 Å². The number of nitrogens with zero attached hydrogens (tertiary/aromatic N) is 1. The molecule has 1 aliphatic rings. The third-order valence-corrected chi connectivity index (χ3v) is 2.82. The predicted molar refractivity (Wildman–Crippen MR) is 62.3 cm³/mol. The molecule has 1 heterocycles. The second-order valence-electron chi connectivity index (χ2n) is 4.63. The third-order valence-electron chi connectivity index (χ3n) is 2.82. The summed E-state index contributed by atoms with van der Waals surface area (Å²) < 4.78 is 31.7. The van der Waals surface area contributed by atoms with Crippen molar-refractivity contribution in [3.63, 3.8) is 0 Å². The molecular weight excluding hydrogens is 240 g/mol. The van der Waals surface area contributed by atoms with Crippen LogP contribution in [0.15, 0.2) is 18.2 Å². The first kappa shape index (κ1) is 13.0. The van der Waals surface area contributed by atoms with Gasteiger partial charge in [-0.1, -0.05) is 0 Å². The maximum Gasteiger partial charge on any atom is 0.254 e. The van der Waals surface area contributed by atoms with E-state index in [-0.39, 0.29) is 23.7 Å². The van der Waals surface area contributed by atoms with Crippen LogP contribution in [0, 0.1) is 11.6 Å². The summed E-state index contributed by atoms with van der Waals surface area (Å²) in [5.41, 5.74) is 0.0359. The van der Waals surface area contributed by atoms with Gasteiger partial charge in [0.15, 0.2) is 0 Å². The SMILES string of the molecule is C[C@@H]1CN(C(=O)c2cc(F)cc(F)c2)C[C@@H](C)O1. The summed E-state index contributed by atoms with van der Waals surface area (Å²) >= 11 is 0.